The van der Waals surface area contributed by atoms with Gasteiger partial charge in [-0.1, -0.05) is 18.1 Å². The van der Waals surface area contributed by atoms with E-state index in [2.05, 4.69) is 10.7 Å². The van der Waals surface area contributed by atoms with Crippen LogP contribution in [0.2, 0.25) is 0 Å². The van der Waals surface area contributed by atoms with E-state index in [-0.39, 0.29) is 12.4 Å². The average Bonchev–Trinajstić information content (AvgIpc) is 1.89. The maximum Gasteiger partial charge on any atom is 0.318 e. The number of ether oxygens (including phenoxy) is 1. The molecule has 0 aliphatic rings. The van der Waals surface area contributed by atoms with Crippen LogP contribution in [0.4, 0.5) is 0 Å². The third-order valence-corrected chi connectivity index (χ3v) is 0.823. The normalized spacial score (nSPS) is 9.20. The molecule has 0 radical (unpaired) electrons. The first-order chi connectivity index (χ1) is 4.81. The number of carbonyl (C=O) groups excluding carboxylic acids is 1. The molecule has 0 heterocycles. The molecule has 0 aliphatic carbocycles. The molecule has 0 N–H and O–H groups in total. The third-order valence-electron chi connectivity index (χ3n) is 0.823. The van der Waals surface area contributed by atoms with Crippen LogP contribution in [-0.2, 0) is 9.53 Å². The van der Waals surface area contributed by atoms with Gasteiger partial charge in [0.25, 0.3) is 0 Å². The topological polar surface area (TPSA) is 26.3 Å². The van der Waals surface area contributed by atoms with Crippen molar-refractivity contribution < 1.29 is 9.53 Å². The number of hydrogen-bond donors (Lipinski definition) is 0. The molecule has 0 aromatic carbocycles. The second-order valence-corrected chi connectivity index (χ2v) is 1.63. The number of allylic oxidation sites excluding steroid dienone is 1. The maximum atomic E-state index is 10.5. The third kappa shape index (κ3) is 4.92. The fourth-order valence-electron chi connectivity index (χ4n) is 0.372. The Morgan fingerprint density at radius 1 is 1.80 bits per heavy atom. The largest absolute Gasteiger partial charge is 0.461 e. The second-order valence-electron chi connectivity index (χ2n) is 1.63. The predicted molar refractivity (Wildman–Crippen MR) is 39.2 cm³/mol. The standard InChI is InChI=1S/C8H10O2/c1-3-5-7-10-8(9)6-4-2/h2-3,5H,6-7H2,1H3. The highest BCUT2D eigenvalue weighted by atomic mass is 16.5. The maximum absolute atomic E-state index is 10.5. The van der Waals surface area contributed by atoms with Crippen molar-refractivity contribution in [3.8, 4) is 12.3 Å². The van der Waals surface area contributed by atoms with Crippen LogP contribution < -0.4 is 0 Å². The Morgan fingerprint density at radius 3 is 3.00 bits per heavy atom. The first-order valence-electron chi connectivity index (χ1n) is 3.01. The van der Waals surface area contributed by atoms with Gasteiger partial charge in [0.05, 0.1) is 0 Å². The number of hydrogen-bond acceptors (Lipinski definition) is 2. The van der Waals surface area contributed by atoms with E-state index < -0.39 is 0 Å². The van der Waals surface area contributed by atoms with E-state index in [1.165, 1.54) is 0 Å². The second kappa shape index (κ2) is 5.90. The molecule has 54 valence electrons. The lowest BCUT2D eigenvalue weighted by Gasteiger charge is -1.95. The highest BCUT2D eigenvalue weighted by Crippen LogP contribution is 1.84. The van der Waals surface area contributed by atoms with Gasteiger partial charge < -0.3 is 4.74 Å². The molecule has 0 aromatic heterocycles. The molecule has 0 aliphatic heterocycles. The molecule has 0 saturated carbocycles. The molecule has 0 aromatic rings. The van der Waals surface area contributed by atoms with Crippen LogP contribution in [0.3, 0.4) is 0 Å². The Kier molecular flexibility index (Phi) is 5.17. The van der Waals surface area contributed by atoms with E-state index >= 15 is 0 Å². The Morgan fingerprint density at radius 2 is 2.50 bits per heavy atom. The van der Waals surface area contributed by atoms with Crippen molar-refractivity contribution in [2.45, 2.75) is 13.3 Å². The first-order valence-corrected chi connectivity index (χ1v) is 3.01. The van der Waals surface area contributed by atoms with Crippen molar-refractivity contribution in [3.63, 3.8) is 0 Å². The molecule has 0 unspecified atom stereocenters. The van der Waals surface area contributed by atoms with Gasteiger partial charge in [0.2, 0.25) is 0 Å². The summed E-state index contributed by atoms with van der Waals surface area (Å²) in [6.07, 6.45) is 8.47. The Hall–Kier alpha value is -1.23. The van der Waals surface area contributed by atoms with E-state index in [1.807, 2.05) is 13.0 Å². The fraction of sp³-hybridized carbons (Fsp3) is 0.375. The molecule has 0 amide bonds. The van der Waals surface area contributed by atoms with E-state index in [0.29, 0.717) is 6.61 Å². The molecular weight excluding hydrogens is 128 g/mol. The molecule has 2 nitrogen and oxygen atoms in total. The molecule has 0 atom stereocenters. The van der Waals surface area contributed by atoms with Crippen molar-refractivity contribution in [2.75, 3.05) is 6.61 Å². The van der Waals surface area contributed by atoms with Crippen molar-refractivity contribution in [2.24, 2.45) is 0 Å². The van der Waals surface area contributed by atoms with Gasteiger partial charge >= 0.3 is 5.97 Å². The lowest BCUT2D eigenvalue weighted by molar-refractivity contribution is -0.141. The minimum atomic E-state index is -0.347. The van der Waals surface area contributed by atoms with Gasteiger partial charge in [-0.15, -0.1) is 6.42 Å². The Bertz CT molecular complexity index is 163. The van der Waals surface area contributed by atoms with E-state index in [1.54, 1.807) is 6.08 Å². The van der Waals surface area contributed by atoms with Gasteiger partial charge in [0, 0.05) is 0 Å². The number of carbonyl (C=O) groups is 1. The molecule has 0 spiro atoms. The summed E-state index contributed by atoms with van der Waals surface area (Å²) in [7, 11) is 0. The van der Waals surface area contributed by atoms with E-state index in [0.717, 1.165) is 0 Å². The SMILES string of the molecule is C#CCC(=O)OCC=CC. The van der Waals surface area contributed by atoms with Gasteiger partial charge in [-0.2, -0.15) is 0 Å². The molecule has 0 rings (SSSR count). The quantitative estimate of drug-likeness (QED) is 0.332. The number of rotatable bonds is 3. The summed E-state index contributed by atoms with van der Waals surface area (Å²) in [5, 5.41) is 0. The van der Waals surface area contributed by atoms with Crippen LogP contribution in [-0.4, -0.2) is 12.6 Å². The van der Waals surface area contributed by atoms with Crippen molar-refractivity contribution in [1.82, 2.24) is 0 Å². The highest BCUT2D eigenvalue weighted by molar-refractivity contribution is 5.72. The van der Waals surface area contributed by atoms with Crippen LogP contribution in [0.5, 0.6) is 0 Å². The van der Waals surface area contributed by atoms with Crippen LogP contribution in [0.1, 0.15) is 13.3 Å². The molecule has 2 heteroatoms. The van der Waals surface area contributed by atoms with Crippen LogP contribution >= 0.6 is 0 Å². The molecule has 10 heavy (non-hydrogen) atoms. The zero-order valence-corrected chi connectivity index (χ0v) is 5.96. The minimum absolute atomic E-state index is 0.0531. The molecule has 0 fully saturated rings. The molecule has 0 bridgehead atoms. The van der Waals surface area contributed by atoms with E-state index in [4.69, 9.17) is 6.42 Å². The highest BCUT2D eigenvalue weighted by Gasteiger charge is 1.95. The van der Waals surface area contributed by atoms with Gasteiger partial charge in [0.15, 0.2) is 0 Å². The average molecular weight is 138 g/mol. The van der Waals surface area contributed by atoms with Gasteiger partial charge in [-0.3, -0.25) is 4.79 Å². The van der Waals surface area contributed by atoms with E-state index in [9.17, 15) is 4.79 Å². The lowest BCUT2D eigenvalue weighted by Crippen LogP contribution is -2.02. The van der Waals surface area contributed by atoms with Crippen molar-refractivity contribution in [3.05, 3.63) is 12.2 Å². The number of esters is 1. The van der Waals surface area contributed by atoms with Gasteiger partial charge in [-0.25, -0.2) is 0 Å². The van der Waals surface area contributed by atoms with Crippen LogP contribution in [0.15, 0.2) is 12.2 Å². The smallest absolute Gasteiger partial charge is 0.318 e. The van der Waals surface area contributed by atoms with Crippen LogP contribution in [0.25, 0.3) is 0 Å². The van der Waals surface area contributed by atoms with Crippen LogP contribution in [0, 0.1) is 12.3 Å². The van der Waals surface area contributed by atoms with Crippen molar-refractivity contribution >= 4 is 5.97 Å². The fourth-order valence-corrected chi connectivity index (χ4v) is 0.372. The minimum Gasteiger partial charge on any atom is -0.461 e. The summed E-state index contributed by atoms with van der Waals surface area (Å²) in [5.74, 6) is 1.85. The molecular formula is C8H10O2. The lowest BCUT2D eigenvalue weighted by atomic mass is 10.4. The van der Waals surface area contributed by atoms with Crippen molar-refractivity contribution in [1.29, 1.82) is 0 Å². The Balaban J connectivity index is 3.33. The number of terminal acetylenes is 1. The van der Waals surface area contributed by atoms with Gasteiger partial charge in [-0.05, 0) is 6.92 Å². The monoisotopic (exact) mass is 138 g/mol. The zero-order valence-electron chi connectivity index (χ0n) is 5.96. The summed E-state index contributed by atoms with van der Waals surface area (Å²) >= 11 is 0. The summed E-state index contributed by atoms with van der Waals surface area (Å²) in [5.41, 5.74) is 0. The summed E-state index contributed by atoms with van der Waals surface area (Å²) in [4.78, 5) is 10.5. The zero-order chi connectivity index (χ0) is 7.82. The predicted octanol–water partition coefficient (Wildman–Crippen LogP) is 1.13. The summed E-state index contributed by atoms with van der Waals surface area (Å²) in [6.45, 7) is 2.17. The first kappa shape index (κ1) is 8.77. The Labute approximate surface area is 60.9 Å². The molecule has 0 saturated heterocycles. The van der Waals surface area contributed by atoms with Gasteiger partial charge in [0.1, 0.15) is 13.0 Å². The summed E-state index contributed by atoms with van der Waals surface area (Å²) in [6, 6.07) is 0. The summed E-state index contributed by atoms with van der Waals surface area (Å²) < 4.78 is 4.65.